The van der Waals surface area contributed by atoms with Crippen molar-refractivity contribution in [2.75, 3.05) is 0 Å². The summed E-state index contributed by atoms with van der Waals surface area (Å²) in [5, 5.41) is 7.78. The smallest absolute Gasteiger partial charge is 0.248 e. The lowest BCUT2D eigenvalue weighted by Gasteiger charge is -1.80. The molecule has 0 aromatic carbocycles. The van der Waals surface area contributed by atoms with E-state index in [9.17, 15) is 0 Å². The van der Waals surface area contributed by atoms with Crippen LogP contribution in [0.2, 0.25) is 5.15 Å². The van der Waals surface area contributed by atoms with Crippen molar-refractivity contribution in [1.82, 2.24) is 15.2 Å². The summed E-state index contributed by atoms with van der Waals surface area (Å²) in [7, 11) is 0. The Bertz CT molecular complexity index is 355. The fourth-order valence-corrected chi connectivity index (χ4v) is 0.968. The van der Waals surface area contributed by atoms with E-state index in [1.54, 1.807) is 6.20 Å². The molecule has 2 N–H and O–H groups in total. The number of nitrogens with one attached hydrogen (secondary N) is 2. The van der Waals surface area contributed by atoms with Crippen LogP contribution in [0, 0.1) is 0 Å². The highest BCUT2D eigenvalue weighted by atomic mass is 35.5. The van der Waals surface area contributed by atoms with Crippen molar-refractivity contribution in [1.29, 1.82) is 0 Å². The van der Waals surface area contributed by atoms with Crippen molar-refractivity contribution >= 4 is 22.6 Å². The molecule has 2 aromatic rings. The molecule has 0 unspecified atom stereocenters. The van der Waals surface area contributed by atoms with Gasteiger partial charge in [-0.25, -0.2) is 4.98 Å². The van der Waals surface area contributed by atoms with Crippen molar-refractivity contribution in [3.63, 3.8) is 0 Å². The van der Waals surface area contributed by atoms with Crippen LogP contribution in [0.5, 0.6) is 0 Å². The first-order valence-corrected chi connectivity index (χ1v) is 3.11. The molecule has 0 bridgehead atoms. The van der Waals surface area contributed by atoms with Gasteiger partial charge in [-0.2, -0.15) is 5.10 Å². The minimum Gasteiger partial charge on any atom is -0.248 e. The number of halogens is 1. The lowest BCUT2D eigenvalue weighted by Crippen LogP contribution is -2.03. The van der Waals surface area contributed by atoms with Crippen molar-refractivity contribution in [3.8, 4) is 0 Å². The van der Waals surface area contributed by atoms with Gasteiger partial charge in [0.2, 0.25) is 11.5 Å². The molecule has 5 heteroatoms. The second-order valence-corrected chi connectivity index (χ2v) is 2.21. The zero-order chi connectivity index (χ0) is 6.97. The van der Waals surface area contributed by atoms with E-state index in [1.165, 1.54) is 6.33 Å². The molecule has 0 saturated heterocycles. The molecule has 0 aliphatic carbocycles. The molecule has 0 atom stereocenters. The standard InChI is InChI=1S/C5H3ClN4/c6-4-3-1-9-10-5(3)8-2-7-4/h1-2H,(H,7,8,9,10)/p+1. The van der Waals surface area contributed by atoms with Crippen molar-refractivity contribution in [2.24, 2.45) is 0 Å². The summed E-state index contributed by atoms with van der Waals surface area (Å²) in [5.74, 6) is 0. The molecule has 0 saturated carbocycles. The van der Waals surface area contributed by atoms with E-state index in [-0.39, 0.29) is 0 Å². The topological polar surface area (TPSA) is 55.7 Å². The molecule has 0 aliphatic rings. The minimum absolute atomic E-state index is 0.461. The summed E-state index contributed by atoms with van der Waals surface area (Å²) in [6.07, 6.45) is 3.14. The monoisotopic (exact) mass is 155 g/mol. The Labute approximate surface area is 61.3 Å². The first-order chi connectivity index (χ1) is 4.88. The maximum absolute atomic E-state index is 5.71. The molecule has 10 heavy (non-hydrogen) atoms. The van der Waals surface area contributed by atoms with Crippen LogP contribution in [0.1, 0.15) is 0 Å². The number of aromatic amines is 2. The third kappa shape index (κ3) is 0.657. The first kappa shape index (κ1) is 5.61. The SMILES string of the molecule is Clc1nc[nH+]c2[nH]ncc12. The van der Waals surface area contributed by atoms with Crippen LogP contribution in [-0.4, -0.2) is 15.2 Å². The number of rotatable bonds is 0. The number of H-pyrrole nitrogens is 2. The van der Waals surface area contributed by atoms with E-state index in [1.807, 2.05) is 0 Å². The van der Waals surface area contributed by atoms with Crippen LogP contribution in [0.25, 0.3) is 11.0 Å². The van der Waals surface area contributed by atoms with Crippen LogP contribution >= 0.6 is 11.6 Å². The molecule has 2 rings (SSSR count). The summed E-state index contributed by atoms with van der Waals surface area (Å²) >= 11 is 5.71. The quantitative estimate of drug-likeness (QED) is 0.561. The van der Waals surface area contributed by atoms with Crippen LogP contribution in [0.15, 0.2) is 12.5 Å². The van der Waals surface area contributed by atoms with Gasteiger partial charge in [0.25, 0.3) is 5.65 Å². The molecular formula is C5H4ClN4+. The van der Waals surface area contributed by atoms with E-state index < -0.39 is 0 Å². The first-order valence-electron chi connectivity index (χ1n) is 2.73. The summed E-state index contributed by atoms with van der Waals surface area (Å²) in [5.41, 5.74) is 0.792. The van der Waals surface area contributed by atoms with Gasteiger partial charge in [-0.05, 0) is 11.6 Å². The fraction of sp³-hybridized carbons (Fsp3) is 0. The summed E-state index contributed by atoms with van der Waals surface area (Å²) < 4.78 is 0. The van der Waals surface area contributed by atoms with E-state index >= 15 is 0 Å². The zero-order valence-corrected chi connectivity index (χ0v) is 5.68. The lowest BCUT2D eigenvalue weighted by atomic mass is 10.4. The largest absolute Gasteiger partial charge is 0.256 e. The number of hydrogen-bond acceptors (Lipinski definition) is 2. The number of hydrogen-bond donors (Lipinski definition) is 1. The molecule has 0 amide bonds. The van der Waals surface area contributed by atoms with Crippen LogP contribution in [0.4, 0.5) is 0 Å². The van der Waals surface area contributed by atoms with Gasteiger partial charge in [0, 0.05) is 0 Å². The second kappa shape index (κ2) is 1.91. The van der Waals surface area contributed by atoms with Gasteiger partial charge in [-0.1, -0.05) is 4.98 Å². The molecular weight excluding hydrogens is 152 g/mol. The van der Waals surface area contributed by atoms with Gasteiger partial charge in [0.05, 0.1) is 6.20 Å². The maximum atomic E-state index is 5.71. The Kier molecular flexibility index (Phi) is 1.07. The predicted molar refractivity (Wildman–Crippen MR) is 35.5 cm³/mol. The molecule has 0 fully saturated rings. The molecule has 0 radical (unpaired) electrons. The van der Waals surface area contributed by atoms with Gasteiger partial charge in [0.15, 0.2) is 0 Å². The second-order valence-electron chi connectivity index (χ2n) is 1.85. The normalized spacial score (nSPS) is 10.5. The molecule has 0 spiro atoms. The molecule has 2 heterocycles. The Hall–Kier alpha value is -1.16. The molecule has 4 nitrogen and oxygen atoms in total. The maximum Gasteiger partial charge on any atom is 0.256 e. The van der Waals surface area contributed by atoms with E-state index in [2.05, 4.69) is 20.2 Å². The molecule has 2 aromatic heterocycles. The van der Waals surface area contributed by atoms with Crippen molar-refractivity contribution < 1.29 is 4.98 Å². The Morgan fingerprint density at radius 2 is 2.50 bits per heavy atom. The molecule has 50 valence electrons. The summed E-state index contributed by atoms with van der Waals surface area (Å²) in [6.45, 7) is 0. The minimum atomic E-state index is 0.461. The third-order valence-electron chi connectivity index (χ3n) is 1.25. The average Bonchev–Trinajstić information content (AvgIpc) is 2.36. The van der Waals surface area contributed by atoms with Gasteiger partial charge in [-0.3, -0.25) is 0 Å². The van der Waals surface area contributed by atoms with Gasteiger partial charge >= 0.3 is 0 Å². The average molecular weight is 156 g/mol. The summed E-state index contributed by atoms with van der Waals surface area (Å²) in [6, 6.07) is 0. The Morgan fingerprint density at radius 1 is 1.60 bits per heavy atom. The van der Waals surface area contributed by atoms with E-state index in [0.29, 0.717) is 5.15 Å². The lowest BCUT2D eigenvalue weighted by molar-refractivity contribution is -0.352. The highest BCUT2D eigenvalue weighted by Gasteiger charge is 2.06. The van der Waals surface area contributed by atoms with Crippen molar-refractivity contribution in [2.45, 2.75) is 0 Å². The van der Waals surface area contributed by atoms with Gasteiger partial charge < -0.3 is 0 Å². The number of nitrogens with zero attached hydrogens (tertiary/aromatic N) is 2. The van der Waals surface area contributed by atoms with E-state index in [4.69, 9.17) is 11.6 Å². The Balaban J connectivity index is 2.95. The van der Waals surface area contributed by atoms with Crippen molar-refractivity contribution in [3.05, 3.63) is 17.7 Å². The number of fused-ring (bicyclic) bond motifs is 1. The fourth-order valence-electron chi connectivity index (χ4n) is 0.776. The highest BCUT2D eigenvalue weighted by molar-refractivity contribution is 6.33. The van der Waals surface area contributed by atoms with Crippen LogP contribution in [0.3, 0.4) is 0 Å². The summed E-state index contributed by atoms with van der Waals surface area (Å²) in [4.78, 5) is 6.69. The number of aromatic nitrogens is 4. The highest BCUT2D eigenvalue weighted by Crippen LogP contribution is 2.12. The Morgan fingerprint density at radius 3 is 3.30 bits per heavy atom. The van der Waals surface area contributed by atoms with Gasteiger partial charge in [0.1, 0.15) is 5.39 Å². The van der Waals surface area contributed by atoms with Crippen LogP contribution < -0.4 is 4.98 Å². The van der Waals surface area contributed by atoms with Gasteiger partial charge in [-0.15, -0.1) is 5.10 Å². The predicted octanol–water partition coefficient (Wildman–Crippen LogP) is 0.425. The van der Waals surface area contributed by atoms with E-state index in [0.717, 1.165) is 11.0 Å². The third-order valence-corrected chi connectivity index (χ3v) is 1.55. The molecule has 0 aliphatic heterocycles. The van der Waals surface area contributed by atoms with Crippen LogP contribution in [-0.2, 0) is 0 Å². The zero-order valence-electron chi connectivity index (χ0n) is 4.93.